The fourth-order valence-electron chi connectivity index (χ4n) is 2.78. The quantitative estimate of drug-likeness (QED) is 0.196. The van der Waals surface area contributed by atoms with Crippen LogP contribution in [0.25, 0.3) is 0 Å². The van der Waals surface area contributed by atoms with E-state index in [-0.39, 0.29) is 23.6 Å². The topological polar surface area (TPSA) is 157 Å². The summed E-state index contributed by atoms with van der Waals surface area (Å²) in [5.41, 5.74) is 0. The molecule has 0 aliphatic carbocycles. The first-order valence-corrected chi connectivity index (χ1v) is 9.97. The summed E-state index contributed by atoms with van der Waals surface area (Å²) in [5, 5.41) is 29.0. The largest absolute Gasteiger partial charge is 0.480 e. The Balaban J connectivity index is 2.69. The van der Waals surface area contributed by atoms with Gasteiger partial charge in [-0.15, -0.1) is 0 Å². The van der Waals surface area contributed by atoms with Crippen molar-refractivity contribution >= 4 is 36.3 Å². The maximum Gasteiger partial charge on any atom is 0.326 e. The van der Waals surface area contributed by atoms with Crippen LogP contribution in [0.5, 0.6) is 0 Å². The fourth-order valence-corrected chi connectivity index (χ4v) is 3.04. The van der Waals surface area contributed by atoms with Gasteiger partial charge in [-0.3, -0.25) is 14.4 Å². The number of aliphatic hydroxyl groups is 1. The van der Waals surface area contributed by atoms with Crippen molar-refractivity contribution in [2.45, 2.75) is 57.3 Å². The lowest BCUT2D eigenvalue weighted by Crippen LogP contribution is -2.59. The molecule has 1 rings (SSSR count). The average molecular weight is 419 g/mol. The Hall–Kier alpha value is -1.85. The molecule has 5 unspecified atom stereocenters. The molecule has 28 heavy (non-hydrogen) atoms. The van der Waals surface area contributed by atoms with Crippen LogP contribution in [0.1, 0.15) is 33.1 Å². The van der Waals surface area contributed by atoms with Gasteiger partial charge in [-0.2, -0.15) is 12.6 Å². The molecule has 11 heteroatoms. The molecule has 1 aliphatic heterocycles. The molecule has 160 valence electrons. The third kappa shape index (κ3) is 6.95. The van der Waals surface area contributed by atoms with Crippen LogP contribution in [0, 0.1) is 5.92 Å². The zero-order valence-corrected chi connectivity index (χ0v) is 17.0. The number of aliphatic carboxylic acids is 1. The zero-order chi connectivity index (χ0) is 21.3. The number of carbonyl (C=O) groups excluding carboxylic acids is 3. The number of thiol groups is 1. The normalized spacial score (nSPS) is 20.5. The predicted octanol–water partition coefficient (Wildman–Crippen LogP) is -1.75. The Labute approximate surface area is 169 Å². The summed E-state index contributed by atoms with van der Waals surface area (Å²) in [6.07, 6.45) is 2.06. The first kappa shape index (κ1) is 24.2. The van der Waals surface area contributed by atoms with Gasteiger partial charge in [-0.1, -0.05) is 20.3 Å². The maximum absolute atomic E-state index is 12.4. The number of rotatable bonds is 11. The van der Waals surface area contributed by atoms with Crippen LogP contribution >= 0.6 is 12.6 Å². The van der Waals surface area contributed by atoms with E-state index >= 15 is 0 Å². The van der Waals surface area contributed by atoms with Crippen LogP contribution in [0.4, 0.5) is 0 Å². The molecule has 0 saturated carbocycles. The average Bonchev–Trinajstić information content (AvgIpc) is 3.21. The number of carboxylic acids is 1. The molecule has 1 aliphatic rings. The highest BCUT2D eigenvalue weighted by molar-refractivity contribution is 7.80. The predicted molar refractivity (Wildman–Crippen MR) is 105 cm³/mol. The van der Waals surface area contributed by atoms with E-state index in [1.807, 2.05) is 0 Å². The van der Waals surface area contributed by atoms with Crippen molar-refractivity contribution in [2.75, 3.05) is 18.9 Å². The van der Waals surface area contributed by atoms with E-state index in [4.69, 9.17) is 0 Å². The molecule has 5 atom stereocenters. The fraction of sp³-hybridized carbons (Fsp3) is 0.765. The molecule has 10 nitrogen and oxygen atoms in total. The summed E-state index contributed by atoms with van der Waals surface area (Å²) in [4.78, 5) is 48.2. The van der Waals surface area contributed by atoms with Crippen molar-refractivity contribution in [2.24, 2.45) is 5.92 Å². The molecule has 0 aromatic carbocycles. The van der Waals surface area contributed by atoms with Crippen molar-refractivity contribution < 1.29 is 29.4 Å². The Morgan fingerprint density at radius 3 is 2.25 bits per heavy atom. The number of hydrogen-bond acceptors (Lipinski definition) is 7. The Morgan fingerprint density at radius 1 is 1.14 bits per heavy atom. The third-order valence-corrected chi connectivity index (χ3v) is 5.15. The number of hydrogen-bond donors (Lipinski definition) is 7. The van der Waals surface area contributed by atoms with E-state index < -0.39 is 42.5 Å². The van der Waals surface area contributed by atoms with Gasteiger partial charge in [0.25, 0.3) is 0 Å². The summed E-state index contributed by atoms with van der Waals surface area (Å²) in [5.74, 6) is -3.37. The van der Waals surface area contributed by atoms with Gasteiger partial charge < -0.3 is 31.5 Å². The highest BCUT2D eigenvalue weighted by atomic mass is 32.1. The van der Waals surface area contributed by atoms with E-state index in [1.165, 1.54) is 0 Å². The summed E-state index contributed by atoms with van der Waals surface area (Å²) in [6, 6.07) is -3.86. The van der Waals surface area contributed by atoms with Gasteiger partial charge in [0.2, 0.25) is 17.7 Å². The minimum Gasteiger partial charge on any atom is -0.480 e. The van der Waals surface area contributed by atoms with E-state index in [0.717, 1.165) is 13.0 Å². The highest BCUT2D eigenvalue weighted by Crippen LogP contribution is 2.08. The van der Waals surface area contributed by atoms with Gasteiger partial charge in [-0.25, -0.2) is 4.79 Å². The molecule has 0 bridgehead atoms. The second-order valence-electron chi connectivity index (χ2n) is 6.85. The molecule has 6 N–H and O–H groups in total. The van der Waals surface area contributed by atoms with E-state index in [1.54, 1.807) is 13.8 Å². The van der Waals surface area contributed by atoms with Crippen LogP contribution < -0.4 is 21.3 Å². The first-order chi connectivity index (χ1) is 13.2. The summed E-state index contributed by atoms with van der Waals surface area (Å²) in [6.45, 7) is 3.47. The van der Waals surface area contributed by atoms with Crippen LogP contribution in [0.15, 0.2) is 0 Å². The molecule has 1 saturated heterocycles. The van der Waals surface area contributed by atoms with Crippen molar-refractivity contribution in [1.82, 2.24) is 21.3 Å². The molecule has 1 fully saturated rings. The monoisotopic (exact) mass is 418 g/mol. The smallest absolute Gasteiger partial charge is 0.326 e. The van der Waals surface area contributed by atoms with Crippen molar-refractivity contribution in [3.05, 3.63) is 0 Å². The molecule has 0 aromatic rings. The number of amides is 3. The number of carboxylic acid groups (broad SMARTS) is 1. The van der Waals surface area contributed by atoms with Crippen LogP contribution in [-0.2, 0) is 19.2 Å². The second-order valence-corrected chi connectivity index (χ2v) is 7.21. The molecule has 0 spiro atoms. The minimum atomic E-state index is -1.35. The molecular weight excluding hydrogens is 388 g/mol. The maximum atomic E-state index is 12.4. The lowest BCUT2D eigenvalue weighted by molar-refractivity contribution is -0.144. The zero-order valence-electron chi connectivity index (χ0n) is 16.1. The molecule has 1 heterocycles. The van der Waals surface area contributed by atoms with Crippen LogP contribution in [0.3, 0.4) is 0 Å². The van der Waals surface area contributed by atoms with Gasteiger partial charge >= 0.3 is 5.97 Å². The minimum absolute atomic E-state index is 0.00528. The molecule has 3 amide bonds. The Bertz CT molecular complexity index is 570. The van der Waals surface area contributed by atoms with Gasteiger partial charge in [-0.05, 0) is 25.3 Å². The standard InChI is InChI=1S/C17H30N4O6S/c1-3-9(2)13(17(26)27)21-15(24)11(7-22)19-16(25)12(8-28)20-14(23)10-5-4-6-18-10/h9-13,18,22,28H,3-8H2,1-2H3,(H,19,25)(H,20,23)(H,21,24)(H,26,27). The lowest BCUT2D eigenvalue weighted by atomic mass is 9.99. The van der Waals surface area contributed by atoms with E-state index in [0.29, 0.717) is 12.8 Å². The van der Waals surface area contributed by atoms with Gasteiger partial charge in [0, 0.05) is 5.75 Å². The van der Waals surface area contributed by atoms with Crippen LogP contribution in [-0.4, -0.2) is 77.0 Å². The van der Waals surface area contributed by atoms with Crippen LogP contribution in [0.2, 0.25) is 0 Å². The van der Waals surface area contributed by atoms with Crippen molar-refractivity contribution in [3.63, 3.8) is 0 Å². The summed E-state index contributed by atoms with van der Waals surface area (Å²) < 4.78 is 0. The molecule has 0 aromatic heterocycles. The number of nitrogens with one attached hydrogen (secondary N) is 4. The number of aliphatic hydroxyl groups excluding tert-OH is 1. The SMILES string of the molecule is CCC(C)C(NC(=O)C(CO)NC(=O)C(CS)NC(=O)C1CCCN1)C(=O)O. The summed E-state index contributed by atoms with van der Waals surface area (Å²) >= 11 is 4.06. The Morgan fingerprint density at radius 2 is 1.79 bits per heavy atom. The van der Waals surface area contributed by atoms with E-state index in [2.05, 4.69) is 33.9 Å². The van der Waals surface area contributed by atoms with Gasteiger partial charge in [0.15, 0.2) is 0 Å². The third-order valence-electron chi connectivity index (χ3n) is 4.78. The van der Waals surface area contributed by atoms with Gasteiger partial charge in [0.1, 0.15) is 18.1 Å². The first-order valence-electron chi connectivity index (χ1n) is 9.34. The second kappa shape index (κ2) is 11.9. The Kier molecular flexibility index (Phi) is 10.3. The number of carbonyl (C=O) groups is 4. The lowest BCUT2D eigenvalue weighted by Gasteiger charge is -2.25. The van der Waals surface area contributed by atoms with Gasteiger partial charge in [0.05, 0.1) is 12.6 Å². The highest BCUT2D eigenvalue weighted by Gasteiger charge is 2.31. The molecular formula is C17H30N4O6S. The molecule has 0 radical (unpaired) electrons. The summed E-state index contributed by atoms with van der Waals surface area (Å²) in [7, 11) is 0. The van der Waals surface area contributed by atoms with Crippen molar-refractivity contribution in [3.8, 4) is 0 Å². The van der Waals surface area contributed by atoms with E-state index in [9.17, 15) is 29.4 Å². The van der Waals surface area contributed by atoms with Crippen molar-refractivity contribution in [1.29, 1.82) is 0 Å².